The Morgan fingerprint density at radius 2 is 2.35 bits per heavy atom. The second-order valence-electron chi connectivity index (χ2n) is 4.80. The van der Waals surface area contributed by atoms with Crippen molar-refractivity contribution in [2.45, 2.75) is 31.5 Å². The molecule has 0 amide bonds. The SMILES string of the molecule is Cc1nc(NC2C(N)C3CCOC32)ccc1Br. The van der Waals surface area contributed by atoms with Crippen LogP contribution in [0.2, 0.25) is 0 Å². The lowest BCUT2D eigenvalue weighted by Crippen LogP contribution is -2.65. The average Bonchev–Trinajstić information content (AvgIpc) is 2.75. The summed E-state index contributed by atoms with van der Waals surface area (Å²) in [6.45, 7) is 2.82. The molecular weight excluding hydrogens is 282 g/mol. The van der Waals surface area contributed by atoms with Gasteiger partial charge in [-0.1, -0.05) is 0 Å². The molecule has 1 saturated carbocycles. The standard InChI is InChI=1S/C12H16BrN3O/c1-6-8(13)2-3-9(15-6)16-11-10(14)7-4-5-17-12(7)11/h2-3,7,10-12H,4-5,14H2,1H3,(H,15,16). The third-order valence-corrected chi connectivity index (χ3v) is 4.62. The Hall–Kier alpha value is -0.650. The van der Waals surface area contributed by atoms with Gasteiger partial charge in [-0.15, -0.1) is 0 Å². The highest BCUT2D eigenvalue weighted by Crippen LogP contribution is 2.39. The minimum absolute atomic E-state index is 0.188. The zero-order valence-corrected chi connectivity index (χ0v) is 11.3. The number of fused-ring (bicyclic) bond motifs is 1. The number of aromatic nitrogens is 1. The smallest absolute Gasteiger partial charge is 0.126 e. The van der Waals surface area contributed by atoms with Crippen LogP contribution < -0.4 is 11.1 Å². The molecule has 92 valence electrons. The van der Waals surface area contributed by atoms with E-state index in [1.165, 1.54) is 0 Å². The molecule has 2 heterocycles. The Labute approximate surface area is 109 Å². The minimum atomic E-state index is 0.188. The quantitative estimate of drug-likeness (QED) is 0.872. The van der Waals surface area contributed by atoms with Gasteiger partial charge in [0.15, 0.2) is 0 Å². The van der Waals surface area contributed by atoms with Crippen LogP contribution in [0.3, 0.4) is 0 Å². The van der Waals surface area contributed by atoms with Gasteiger partial charge < -0.3 is 15.8 Å². The molecule has 3 rings (SSSR count). The maximum atomic E-state index is 6.14. The Kier molecular flexibility index (Phi) is 2.84. The van der Waals surface area contributed by atoms with Crippen LogP contribution in [0.5, 0.6) is 0 Å². The summed E-state index contributed by atoms with van der Waals surface area (Å²) in [5.41, 5.74) is 7.12. The molecule has 3 N–H and O–H groups in total. The molecule has 17 heavy (non-hydrogen) atoms. The summed E-state index contributed by atoms with van der Waals surface area (Å²) in [5, 5.41) is 3.39. The van der Waals surface area contributed by atoms with Gasteiger partial charge in [0, 0.05) is 23.0 Å². The van der Waals surface area contributed by atoms with E-state index >= 15 is 0 Å². The molecule has 0 spiro atoms. The molecule has 1 saturated heterocycles. The van der Waals surface area contributed by atoms with Crippen LogP contribution in [0.15, 0.2) is 16.6 Å². The van der Waals surface area contributed by atoms with Gasteiger partial charge in [-0.3, -0.25) is 0 Å². The fraction of sp³-hybridized carbons (Fsp3) is 0.583. The van der Waals surface area contributed by atoms with Crippen LogP contribution in [-0.4, -0.2) is 29.8 Å². The summed E-state index contributed by atoms with van der Waals surface area (Å²) < 4.78 is 6.71. The lowest BCUT2D eigenvalue weighted by atomic mass is 9.72. The van der Waals surface area contributed by atoms with E-state index in [1.807, 2.05) is 19.1 Å². The Balaban J connectivity index is 1.72. The van der Waals surface area contributed by atoms with Gasteiger partial charge in [-0.05, 0) is 41.4 Å². The summed E-state index contributed by atoms with van der Waals surface area (Å²) in [6, 6.07) is 4.36. The first-order valence-electron chi connectivity index (χ1n) is 5.93. The summed E-state index contributed by atoms with van der Waals surface area (Å²) in [5.74, 6) is 1.41. The van der Waals surface area contributed by atoms with Crippen molar-refractivity contribution in [3.63, 3.8) is 0 Å². The van der Waals surface area contributed by atoms with Gasteiger partial charge in [0.25, 0.3) is 0 Å². The largest absolute Gasteiger partial charge is 0.376 e. The molecule has 4 nitrogen and oxygen atoms in total. The van der Waals surface area contributed by atoms with Gasteiger partial charge in [0.05, 0.1) is 17.8 Å². The van der Waals surface area contributed by atoms with Gasteiger partial charge >= 0.3 is 0 Å². The van der Waals surface area contributed by atoms with Crippen molar-refractivity contribution in [1.29, 1.82) is 0 Å². The molecule has 1 aromatic rings. The number of hydrogen-bond donors (Lipinski definition) is 2. The monoisotopic (exact) mass is 297 g/mol. The average molecular weight is 298 g/mol. The first-order chi connectivity index (χ1) is 8.16. The number of rotatable bonds is 2. The maximum Gasteiger partial charge on any atom is 0.126 e. The minimum Gasteiger partial charge on any atom is -0.376 e. The number of ether oxygens (including phenoxy) is 1. The van der Waals surface area contributed by atoms with Crippen molar-refractivity contribution in [3.05, 3.63) is 22.3 Å². The normalized spacial score (nSPS) is 35.2. The molecule has 1 aliphatic heterocycles. The van der Waals surface area contributed by atoms with E-state index in [1.54, 1.807) is 0 Å². The van der Waals surface area contributed by atoms with Crippen LogP contribution in [0.4, 0.5) is 5.82 Å². The molecule has 0 bridgehead atoms. The van der Waals surface area contributed by atoms with Crippen molar-refractivity contribution in [1.82, 2.24) is 4.98 Å². The van der Waals surface area contributed by atoms with Crippen LogP contribution in [0, 0.1) is 12.8 Å². The van der Waals surface area contributed by atoms with E-state index in [2.05, 4.69) is 26.2 Å². The first-order valence-corrected chi connectivity index (χ1v) is 6.73. The van der Waals surface area contributed by atoms with Gasteiger partial charge in [-0.2, -0.15) is 0 Å². The lowest BCUT2D eigenvalue weighted by molar-refractivity contribution is 0.00523. The van der Waals surface area contributed by atoms with Crippen LogP contribution in [0.25, 0.3) is 0 Å². The Bertz CT molecular complexity index is 440. The van der Waals surface area contributed by atoms with E-state index in [-0.39, 0.29) is 18.2 Å². The molecule has 0 radical (unpaired) electrons. The molecule has 0 aromatic carbocycles. The highest BCUT2D eigenvalue weighted by molar-refractivity contribution is 9.10. The number of halogens is 1. The predicted octanol–water partition coefficient (Wildman–Crippen LogP) is 1.68. The van der Waals surface area contributed by atoms with E-state index in [0.29, 0.717) is 5.92 Å². The number of anilines is 1. The molecule has 4 atom stereocenters. The van der Waals surface area contributed by atoms with E-state index in [4.69, 9.17) is 10.5 Å². The molecule has 2 fully saturated rings. The second kappa shape index (κ2) is 4.23. The van der Waals surface area contributed by atoms with E-state index < -0.39 is 0 Å². The highest BCUT2D eigenvalue weighted by atomic mass is 79.9. The molecule has 2 aliphatic rings. The lowest BCUT2D eigenvalue weighted by Gasteiger charge is -2.45. The number of nitrogens with two attached hydrogens (primary N) is 1. The summed E-state index contributed by atoms with van der Waals surface area (Å²) in [6.07, 6.45) is 1.37. The topological polar surface area (TPSA) is 60.2 Å². The number of nitrogens with one attached hydrogen (secondary N) is 1. The molecule has 1 aromatic heterocycles. The zero-order chi connectivity index (χ0) is 12.0. The highest BCUT2D eigenvalue weighted by Gasteiger charge is 2.52. The molecule has 4 unspecified atom stereocenters. The van der Waals surface area contributed by atoms with Crippen molar-refractivity contribution in [2.75, 3.05) is 11.9 Å². The number of nitrogens with zero attached hydrogens (tertiary/aromatic N) is 1. The van der Waals surface area contributed by atoms with Crippen molar-refractivity contribution < 1.29 is 4.74 Å². The van der Waals surface area contributed by atoms with Gasteiger partial charge in [0.1, 0.15) is 5.82 Å². The Morgan fingerprint density at radius 1 is 1.53 bits per heavy atom. The first kappa shape index (κ1) is 11.4. The summed E-state index contributed by atoms with van der Waals surface area (Å²) in [7, 11) is 0. The van der Waals surface area contributed by atoms with Crippen LogP contribution in [0.1, 0.15) is 12.1 Å². The van der Waals surface area contributed by atoms with Crippen LogP contribution in [-0.2, 0) is 4.74 Å². The second-order valence-corrected chi connectivity index (χ2v) is 5.65. The molecule has 1 aliphatic carbocycles. The fourth-order valence-electron chi connectivity index (χ4n) is 2.72. The van der Waals surface area contributed by atoms with Crippen LogP contribution >= 0.6 is 15.9 Å². The fourth-order valence-corrected chi connectivity index (χ4v) is 2.94. The van der Waals surface area contributed by atoms with Crippen molar-refractivity contribution in [2.24, 2.45) is 11.7 Å². The molecule has 5 heteroatoms. The van der Waals surface area contributed by atoms with Gasteiger partial charge in [0.2, 0.25) is 0 Å². The Morgan fingerprint density at radius 3 is 3.12 bits per heavy atom. The predicted molar refractivity (Wildman–Crippen MR) is 69.9 cm³/mol. The number of hydrogen-bond acceptors (Lipinski definition) is 4. The zero-order valence-electron chi connectivity index (χ0n) is 9.69. The van der Waals surface area contributed by atoms with E-state index in [9.17, 15) is 0 Å². The summed E-state index contributed by atoms with van der Waals surface area (Å²) in [4.78, 5) is 4.47. The van der Waals surface area contributed by atoms with Crippen molar-refractivity contribution in [3.8, 4) is 0 Å². The maximum absolute atomic E-state index is 6.14. The van der Waals surface area contributed by atoms with Crippen molar-refractivity contribution >= 4 is 21.7 Å². The molecular formula is C12H16BrN3O. The number of pyridine rings is 1. The summed E-state index contributed by atoms with van der Waals surface area (Å²) >= 11 is 3.44. The third-order valence-electron chi connectivity index (χ3n) is 3.78. The van der Waals surface area contributed by atoms with Gasteiger partial charge in [-0.25, -0.2) is 4.98 Å². The van der Waals surface area contributed by atoms with E-state index in [0.717, 1.165) is 29.0 Å². The third kappa shape index (κ3) is 1.86. The number of aryl methyl sites for hydroxylation is 1.